The van der Waals surface area contributed by atoms with Crippen molar-refractivity contribution in [2.24, 2.45) is 5.92 Å². The molecular weight excluding hydrogens is 164 g/mol. The quantitative estimate of drug-likeness (QED) is 0.618. The highest BCUT2D eigenvalue weighted by molar-refractivity contribution is 5.82. The Morgan fingerprint density at radius 2 is 2.38 bits per heavy atom. The van der Waals surface area contributed by atoms with Crippen molar-refractivity contribution in [3.8, 4) is 6.07 Å². The molecule has 0 aromatic carbocycles. The fourth-order valence-corrected chi connectivity index (χ4v) is 1.31. The van der Waals surface area contributed by atoms with E-state index in [1.807, 2.05) is 0 Å². The third kappa shape index (κ3) is 2.67. The maximum atomic E-state index is 11.0. The molecule has 0 bridgehead atoms. The lowest BCUT2D eigenvalue weighted by molar-refractivity contribution is -0.119. The average molecular weight is 180 g/mol. The average Bonchev–Trinajstić information content (AvgIpc) is 2.04. The second kappa shape index (κ2) is 4.78. The van der Waals surface area contributed by atoms with Crippen molar-refractivity contribution < 1.29 is 4.79 Å². The van der Waals surface area contributed by atoms with Crippen LogP contribution in [0.15, 0.2) is 12.2 Å². The summed E-state index contributed by atoms with van der Waals surface area (Å²) in [5.74, 6) is -0.00635. The number of rotatable bonds is 1. The lowest BCUT2D eigenvalue weighted by Gasteiger charge is -2.26. The lowest BCUT2D eigenvalue weighted by atomic mass is 9.90. The summed E-state index contributed by atoms with van der Waals surface area (Å²) >= 11 is 0. The standard InChI is InChI=1S/C9H12N2O.CH4/c1-6-3-9(7(2)12)11-5-8(6)4-10;/h8-9,11H,1,3,5H2,2H3;1H4. The zero-order chi connectivity index (χ0) is 9.14. The normalized spacial score (nSPS) is 27.2. The molecule has 2 unspecified atom stereocenters. The molecule has 0 spiro atoms. The van der Waals surface area contributed by atoms with Gasteiger partial charge in [0.1, 0.15) is 5.78 Å². The van der Waals surface area contributed by atoms with Crippen molar-refractivity contribution in [2.45, 2.75) is 26.8 Å². The fraction of sp³-hybridized carbons (Fsp3) is 0.600. The first-order chi connectivity index (χ1) is 5.65. The molecule has 72 valence electrons. The van der Waals surface area contributed by atoms with Gasteiger partial charge in [-0.15, -0.1) is 0 Å². The van der Waals surface area contributed by atoms with Gasteiger partial charge in [0.2, 0.25) is 0 Å². The zero-order valence-corrected chi connectivity index (χ0v) is 7.13. The maximum Gasteiger partial charge on any atom is 0.147 e. The third-order valence-corrected chi connectivity index (χ3v) is 2.17. The largest absolute Gasteiger partial charge is 0.306 e. The predicted molar refractivity (Wildman–Crippen MR) is 52.1 cm³/mol. The topological polar surface area (TPSA) is 52.9 Å². The second-order valence-corrected chi connectivity index (χ2v) is 3.12. The molecular formula is C10H16N2O. The van der Waals surface area contributed by atoms with E-state index in [2.05, 4.69) is 18.0 Å². The number of hydrogen-bond acceptors (Lipinski definition) is 3. The van der Waals surface area contributed by atoms with Crippen LogP contribution >= 0.6 is 0 Å². The Balaban J connectivity index is 0.00000144. The molecule has 1 saturated heterocycles. The molecule has 1 fully saturated rings. The highest BCUT2D eigenvalue weighted by Gasteiger charge is 2.25. The summed E-state index contributed by atoms with van der Waals surface area (Å²) in [6.45, 7) is 5.89. The summed E-state index contributed by atoms with van der Waals surface area (Å²) in [5, 5.41) is 11.7. The molecule has 0 radical (unpaired) electrons. The van der Waals surface area contributed by atoms with E-state index in [0.29, 0.717) is 13.0 Å². The number of ketones is 1. The highest BCUT2D eigenvalue weighted by Crippen LogP contribution is 2.19. The van der Waals surface area contributed by atoms with E-state index in [9.17, 15) is 4.79 Å². The number of nitrogens with one attached hydrogen (secondary N) is 1. The zero-order valence-electron chi connectivity index (χ0n) is 7.13. The van der Waals surface area contributed by atoms with Crippen molar-refractivity contribution in [1.82, 2.24) is 5.32 Å². The highest BCUT2D eigenvalue weighted by atomic mass is 16.1. The molecule has 0 aliphatic carbocycles. The summed E-state index contributed by atoms with van der Waals surface area (Å²) in [6.07, 6.45) is 0.605. The van der Waals surface area contributed by atoms with Crippen molar-refractivity contribution >= 4 is 5.78 Å². The maximum absolute atomic E-state index is 11.0. The molecule has 1 rings (SSSR count). The van der Waals surface area contributed by atoms with Gasteiger partial charge in [0.15, 0.2) is 0 Å². The van der Waals surface area contributed by atoms with Crippen LogP contribution in [0.1, 0.15) is 20.8 Å². The SMILES string of the molecule is C.C=C1CC(C(C)=O)NCC1C#N. The van der Waals surface area contributed by atoms with E-state index in [1.165, 1.54) is 0 Å². The van der Waals surface area contributed by atoms with E-state index >= 15 is 0 Å². The van der Waals surface area contributed by atoms with Crippen LogP contribution in [0.4, 0.5) is 0 Å². The molecule has 1 aliphatic heterocycles. The van der Waals surface area contributed by atoms with Crippen LogP contribution in [-0.2, 0) is 4.79 Å². The number of hydrogen-bond donors (Lipinski definition) is 1. The van der Waals surface area contributed by atoms with Crippen LogP contribution in [0.3, 0.4) is 0 Å². The van der Waals surface area contributed by atoms with Gasteiger partial charge in [-0.05, 0) is 13.3 Å². The van der Waals surface area contributed by atoms with Crippen molar-refractivity contribution in [1.29, 1.82) is 5.26 Å². The van der Waals surface area contributed by atoms with E-state index in [4.69, 9.17) is 5.26 Å². The molecule has 0 saturated carbocycles. The van der Waals surface area contributed by atoms with E-state index in [0.717, 1.165) is 5.57 Å². The Morgan fingerprint density at radius 1 is 1.77 bits per heavy atom. The molecule has 3 heteroatoms. The summed E-state index contributed by atoms with van der Waals surface area (Å²) in [7, 11) is 0. The monoisotopic (exact) mass is 180 g/mol. The Labute approximate surface area is 79.4 Å². The minimum atomic E-state index is -0.124. The molecule has 13 heavy (non-hydrogen) atoms. The van der Waals surface area contributed by atoms with Gasteiger partial charge >= 0.3 is 0 Å². The lowest BCUT2D eigenvalue weighted by Crippen LogP contribution is -2.43. The van der Waals surface area contributed by atoms with Gasteiger partial charge in [-0.1, -0.05) is 19.6 Å². The van der Waals surface area contributed by atoms with Gasteiger partial charge < -0.3 is 5.32 Å². The van der Waals surface area contributed by atoms with Gasteiger partial charge in [-0.2, -0.15) is 5.26 Å². The van der Waals surface area contributed by atoms with Crippen LogP contribution < -0.4 is 5.32 Å². The molecule has 0 amide bonds. The Morgan fingerprint density at radius 3 is 2.77 bits per heavy atom. The van der Waals surface area contributed by atoms with Gasteiger partial charge in [0.25, 0.3) is 0 Å². The summed E-state index contributed by atoms with van der Waals surface area (Å²) < 4.78 is 0. The van der Waals surface area contributed by atoms with Gasteiger partial charge in [-0.25, -0.2) is 0 Å². The number of Topliss-reactive ketones (excluding diaryl/α,β-unsaturated/α-hetero) is 1. The van der Waals surface area contributed by atoms with Crippen LogP contribution in [0.5, 0.6) is 0 Å². The summed E-state index contributed by atoms with van der Waals surface area (Å²) in [5.41, 5.74) is 0.872. The molecule has 0 aromatic heterocycles. The van der Waals surface area contributed by atoms with E-state index in [1.54, 1.807) is 6.92 Å². The molecule has 1 N–H and O–H groups in total. The first-order valence-electron chi connectivity index (χ1n) is 3.96. The van der Waals surface area contributed by atoms with Crippen LogP contribution in [0, 0.1) is 17.2 Å². The number of nitriles is 1. The summed E-state index contributed by atoms with van der Waals surface area (Å²) in [4.78, 5) is 11.0. The molecule has 1 heterocycles. The molecule has 3 nitrogen and oxygen atoms in total. The molecule has 0 aromatic rings. The third-order valence-electron chi connectivity index (χ3n) is 2.17. The van der Waals surface area contributed by atoms with Gasteiger partial charge in [0, 0.05) is 6.54 Å². The van der Waals surface area contributed by atoms with Crippen LogP contribution in [0.2, 0.25) is 0 Å². The smallest absolute Gasteiger partial charge is 0.147 e. The van der Waals surface area contributed by atoms with Crippen molar-refractivity contribution in [3.05, 3.63) is 12.2 Å². The van der Waals surface area contributed by atoms with Gasteiger partial charge in [-0.3, -0.25) is 4.79 Å². The van der Waals surface area contributed by atoms with Crippen LogP contribution in [-0.4, -0.2) is 18.4 Å². The van der Waals surface area contributed by atoms with Gasteiger partial charge in [0.05, 0.1) is 18.0 Å². The number of piperidine rings is 1. The first-order valence-corrected chi connectivity index (χ1v) is 3.96. The Kier molecular flexibility index (Phi) is 4.36. The number of carbonyl (C=O) groups is 1. The molecule has 2 atom stereocenters. The van der Waals surface area contributed by atoms with E-state index in [-0.39, 0.29) is 25.2 Å². The van der Waals surface area contributed by atoms with Crippen molar-refractivity contribution in [2.75, 3.05) is 6.54 Å². The minimum Gasteiger partial charge on any atom is -0.306 e. The fourth-order valence-electron chi connectivity index (χ4n) is 1.31. The summed E-state index contributed by atoms with van der Waals surface area (Å²) in [6, 6.07) is 2.02. The number of carbonyl (C=O) groups excluding carboxylic acids is 1. The van der Waals surface area contributed by atoms with Crippen LogP contribution in [0.25, 0.3) is 0 Å². The molecule has 1 aliphatic rings. The minimum absolute atomic E-state index is 0. The van der Waals surface area contributed by atoms with E-state index < -0.39 is 0 Å². The second-order valence-electron chi connectivity index (χ2n) is 3.12. The Hall–Kier alpha value is -1.14. The predicted octanol–water partition coefficient (Wildman–Crippen LogP) is 1.27. The van der Waals surface area contributed by atoms with Crippen molar-refractivity contribution in [3.63, 3.8) is 0 Å². The Bertz CT molecular complexity index is 252. The first kappa shape index (κ1) is 11.9. The number of nitrogens with zero attached hydrogens (tertiary/aromatic N) is 1.